The quantitative estimate of drug-likeness (QED) is 0.637. The fraction of sp³-hybridized carbons (Fsp3) is 0.750. The molecule has 1 nitrogen and oxygen atoms in total. The summed E-state index contributed by atoms with van der Waals surface area (Å²) in [5.74, 6) is 1.73. The number of allylic oxidation sites excluding steroid dienone is 2. The maximum Gasteiger partial charge on any atom is 0.158 e. The molecule has 1 heteroatoms. The third-order valence-electron chi connectivity index (χ3n) is 3.53. The molecule has 1 rings (SSSR count). The summed E-state index contributed by atoms with van der Waals surface area (Å²) >= 11 is 0. The van der Waals surface area contributed by atoms with Crippen molar-refractivity contribution >= 4 is 5.78 Å². The number of hydrogen-bond donors (Lipinski definition) is 0. The smallest absolute Gasteiger partial charge is 0.158 e. The Balaban J connectivity index is 2.92. The Morgan fingerprint density at radius 3 is 2.31 bits per heavy atom. The van der Waals surface area contributed by atoms with E-state index in [0.717, 1.165) is 12.8 Å². The van der Waals surface area contributed by atoms with Crippen LogP contribution in [0, 0.1) is 17.8 Å². The lowest BCUT2D eigenvalue weighted by Crippen LogP contribution is -2.30. The van der Waals surface area contributed by atoms with Gasteiger partial charge in [-0.3, -0.25) is 4.79 Å². The number of ketones is 1. The normalized spacial score (nSPS) is 34.6. The molecule has 13 heavy (non-hydrogen) atoms. The molecule has 0 spiro atoms. The number of hydrogen-bond acceptors (Lipinski definition) is 1. The average Bonchev–Trinajstić information content (AvgIpc) is 2.12. The monoisotopic (exact) mass is 180 g/mol. The van der Waals surface area contributed by atoms with Gasteiger partial charge in [-0.1, -0.05) is 39.7 Å². The topological polar surface area (TPSA) is 17.1 Å². The van der Waals surface area contributed by atoms with Crippen molar-refractivity contribution in [2.45, 2.75) is 40.5 Å². The molecule has 0 amide bonds. The van der Waals surface area contributed by atoms with Crippen LogP contribution in [0.4, 0.5) is 0 Å². The molecule has 0 N–H and O–H groups in total. The van der Waals surface area contributed by atoms with Crippen molar-refractivity contribution in [2.75, 3.05) is 0 Å². The molecule has 0 bridgehead atoms. The van der Waals surface area contributed by atoms with Crippen molar-refractivity contribution in [1.82, 2.24) is 0 Å². The SMILES string of the molecule is CCC1=CC(=O)[C@H](C)[C@@H](CC)[C@H]1C. The van der Waals surface area contributed by atoms with E-state index in [2.05, 4.69) is 27.7 Å². The molecule has 0 aromatic heterocycles. The second kappa shape index (κ2) is 4.08. The van der Waals surface area contributed by atoms with Crippen molar-refractivity contribution in [2.24, 2.45) is 17.8 Å². The lowest BCUT2D eigenvalue weighted by molar-refractivity contribution is -0.120. The van der Waals surface area contributed by atoms with E-state index in [4.69, 9.17) is 0 Å². The van der Waals surface area contributed by atoms with E-state index in [1.807, 2.05) is 6.08 Å². The van der Waals surface area contributed by atoms with Crippen LogP contribution in [-0.4, -0.2) is 5.78 Å². The molecule has 0 saturated carbocycles. The van der Waals surface area contributed by atoms with Crippen molar-refractivity contribution < 1.29 is 4.79 Å². The maximum absolute atomic E-state index is 11.6. The highest BCUT2D eigenvalue weighted by Crippen LogP contribution is 2.35. The molecule has 0 unspecified atom stereocenters. The Hall–Kier alpha value is -0.590. The first kappa shape index (κ1) is 10.5. The Kier molecular flexibility index (Phi) is 3.29. The Morgan fingerprint density at radius 2 is 1.85 bits per heavy atom. The fourth-order valence-electron chi connectivity index (χ4n) is 2.50. The summed E-state index contributed by atoms with van der Waals surface area (Å²) in [6.07, 6.45) is 4.02. The lowest BCUT2D eigenvalue weighted by Gasteiger charge is -2.33. The zero-order chi connectivity index (χ0) is 10.0. The third-order valence-corrected chi connectivity index (χ3v) is 3.53. The summed E-state index contributed by atoms with van der Waals surface area (Å²) < 4.78 is 0. The van der Waals surface area contributed by atoms with Crippen LogP contribution in [0.1, 0.15) is 40.5 Å². The first-order chi connectivity index (χ1) is 6.11. The molecule has 0 aromatic rings. The molecule has 0 aromatic carbocycles. The minimum absolute atomic E-state index is 0.232. The van der Waals surface area contributed by atoms with Crippen molar-refractivity contribution in [3.05, 3.63) is 11.6 Å². The molecule has 0 radical (unpaired) electrons. The molecule has 1 aliphatic carbocycles. The molecule has 0 saturated heterocycles. The van der Waals surface area contributed by atoms with Crippen LogP contribution in [-0.2, 0) is 4.79 Å². The summed E-state index contributed by atoms with van der Waals surface area (Å²) in [6.45, 7) is 8.64. The van der Waals surface area contributed by atoms with Crippen LogP contribution in [0.15, 0.2) is 11.6 Å². The van der Waals surface area contributed by atoms with Crippen molar-refractivity contribution in [1.29, 1.82) is 0 Å². The van der Waals surface area contributed by atoms with E-state index < -0.39 is 0 Å². The first-order valence-corrected chi connectivity index (χ1v) is 5.36. The van der Waals surface area contributed by atoms with Gasteiger partial charge in [0.15, 0.2) is 5.78 Å². The van der Waals surface area contributed by atoms with Crippen LogP contribution in [0.2, 0.25) is 0 Å². The molecule has 0 fully saturated rings. The highest BCUT2D eigenvalue weighted by atomic mass is 16.1. The van der Waals surface area contributed by atoms with Gasteiger partial charge in [-0.05, 0) is 24.3 Å². The predicted molar refractivity (Wildman–Crippen MR) is 55.5 cm³/mol. The minimum Gasteiger partial charge on any atom is -0.295 e. The minimum atomic E-state index is 0.232. The zero-order valence-corrected chi connectivity index (χ0v) is 9.13. The second-order valence-corrected chi connectivity index (χ2v) is 4.12. The van der Waals surface area contributed by atoms with Crippen LogP contribution in [0.3, 0.4) is 0 Å². The number of carbonyl (C=O) groups is 1. The predicted octanol–water partition coefficient (Wildman–Crippen LogP) is 3.20. The van der Waals surface area contributed by atoms with E-state index in [1.165, 1.54) is 5.57 Å². The van der Waals surface area contributed by atoms with E-state index in [9.17, 15) is 4.79 Å². The van der Waals surface area contributed by atoms with Crippen LogP contribution < -0.4 is 0 Å². The Labute approximate surface area is 81.2 Å². The second-order valence-electron chi connectivity index (χ2n) is 4.12. The van der Waals surface area contributed by atoms with Gasteiger partial charge in [0, 0.05) is 5.92 Å². The number of rotatable bonds is 2. The Morgan fingerprint density at radius 1 is 1.23 bits per heavy atom. The molecular formula is C12H20O. The van der Waals surface area contributed by atoms with Gasteiger partial charge in [0.05, 0.1) is 0 Å². The summed E-state index contributed by atoms with van der Waals surface area (Å²) in [4.78, 5) is 11.6. The van der Waals surface area contributed by atoms with Crippen LogP contribution in [0.5, 0.6) is 0 Å². The maximum atomic E-state index is 11.6. The summed E-state index contributed by atoms with van der Waals surface area (Å²) in [5, 5.41) is 0. The lowest BCUT2D eigenvalue weighted by atomic mass is 9.71. The van der Waals surface area contributed by atoms with Crippen LogP contribution >= 0.6 is 0 Å². The van der Waals surface area contributed by atoms with Gasteiger partial charge >= 0.3 is 0 Å². The van der Waals surface area contributed by atoms with E-state index in [-0.39, 0.29) is 5.92 Å². The molecule has 3 atom stereocenters. The summed E-state index contributed by atoms with van der Waals surface area (Å²) in [5.41, 5.74) is 1.34. The Bertz CT molecular complexity index is 227. The molecular weight excluding hydrogens is 160 g/mol. The summed E-state index contributed by atoms with van der Waals surface area (Å²) in [7, 11) is 0. The standard InChI is InChI=1S/C12H20O/c1-5-10-7-12(13)9(4)11(6-2)8(10)3/h7-9,11H,5-6H2,1-4H3/t8-,9+,11-/m0/s1. The van der Waals surface area contributed by atoms with Crippen molar-refractivity contribution in [3.8, 4) is 0 Å². The highest BCUT2D eigenvalue weighted by molar-refractivity contribution is 5.93. The largest absolute Gasteiger partial charge is 0.295 e. The average molecular weight is 180 g/mol. The van der Waals surface area contributed by atoms with Gasteiger partial charge in [0.2, 0.25) is 0 Å². The van der Waals surface area contributed by atoms with Gasteiger partial charge < -0.3 is 0 Å². The highest BCUT2D eigenvalue weighted by Gasteiger charge is 2.32. The van der Waals surface area contributed by atoms with E-state index in [0.29, 0.717) is 17.6 Å². The third kappa shape index (κ3) is 1.84. The van der Waals surface area contributed by atoms with Gasteiger partial charge in [-0.25, -0.2) is 0 Å². The molecule has 1 aliphatic rings. The summed E-state index contributed by atoms with van der Waals surface area (Å²) in [6, 6.07) is 0. The van der Waals surface area contributed by atoms with Gasteiger partial charge in [-0.2, -0.15) is 0 Å². The molecule has 0 heterocycles. The van der Waals surface area contributed by atoms with Crippen LogP contribution in [0.25, 0.3) is 0 Å². The molecule has 74 valence electrons. The molecule has 0 aliphatic heterocycles. The van der Waals surface area contributed by atoms with Gasteiger partial charge in [0.25, 0.3) is 0 Å². The van der Waals surface area contributed by atoms with Gasteiger partial charge in [-0.15, -0.1) is 0 Å². The van der Waals surface area contributed by atoms with Gasteiger partial charge in [0.1, 0.15) is 0 Å². The van der Waals surface area contributed by atoms with E-state index in [1.54, 1.807) is 0 Å². The first-order valence-electron chi connectivity index (χ1n) is 5.36. The zero-order valence-electron chi connectivity index (χ0n) is 9.13. The van der Waals surface area contributed by atoms with E-state index >= 15 is 0 Å². The fourth-order valence-corrected chi connectivity index (χ4v) is 2.50. The number of carbonyl (C=O) groups excluding carboxylic acids is 1. The van der Waals surface area contributed by atoms with Crippen molar-refractivity contribution in [3.63, 3.8) is 0 Å².